The second kappa shape index (κ2) is 10.5. The van der Waals surface area contributed by atoms with Gasteiger partial charge < -0.3 is 4.74 Å². The Morgan fingerprint density at radius 2 is 1.44 bits per heavy atom. The van der Waals surface area contributed by atoms with E-state index in [9.17, 15) is 0 Å². The molecule has 0 atom stereocenters. The van der Waals surface area contributed by atoms with E-state index in [4.69, 9.17) is 9.72 Å². The van der Waals surface area contributed by atoms with E-state index in [2.05, 4.69) is 129 Å². The Balaban J connectivity index is 1.71. The highest BCUT2D eigenvalue weighted by molar-refractivity contribution is 6.07. The summed E-state index contributed by atoms with van der Waals surface area (Å²) >= 11 is 0. The monoisotopic (exact) mass is 571 g/mol. The number of hydrogen-bond donors (Lipinski definition) is 0. The van der Waals surface area contributed by atoms with Crippen molar-refractivity contribution >= 4 is 21.7 Å². The Labute approximate surface area is 258 Å². The zero-order valence-electron chi connectivity index (χ0n) is 27.9. The number of nitrogens with zero attached hydrogens (tertiary/aromatic N) is 2. The Bertz CT molecular complexity index is 1870. The van der Waals surface area contributed by atoms with Crippen molar-refractivity contribution in [2.75, 3.05) is 0 Å². The van der Waals surface area contributed by atoms with Gasteiger partial charge >= 0.3 is 0 Å². The molecule has 3 heteroatoms. The van der Waals surface area contributed by atoms with Crippen LogP contribution in [0.25, 0.3) is 44.1 Å². The van der Waals surface area contributed by atoms with Crippen LogP contribution in [0.15, 0.2) is 54.9 Å². The first-order valence-electron chi connectivity index (χ1n) is 16.0. The highest BCUT2D eigenvalue weighted by atomic mass is 16.5. The zero-order chi connectivity index (χ0) is 31.0. The van der Waals surface area contributed by atoms with Gasteiger partial charge in [0, 0.05) is 5.56 Å². The van der Waals surface area contributed by atoms with Gasteiger partial charge in [0.25, 0.3) is 6.33 Å². The third kappa shape index (κ3) is 4.91. The first kappa shape index (κ1) is 29.4. The van der Waals surface area contributed by atoms with Gasteiger partial charge in [0.2, 0.25) is 0 Å². The maximum atomic E-state index is 7.14. The lowest BCUT2D eigenvalue weighted by atomic mass is 9.80. The lowest BCUT2D eigenvalue weighted by molar-refractivity contribution is -0.662. The fourth-order valence-corrected chi connectivity index (χ4v) is 7.00. The maximum Gasteiger partial charge on any atom is 0.287 e. The van der Waals surface area contributed by atoms with Gasteiger partial charge in [-0.3, -0.25) is 0 Å². The number of benzene rings is 4. The summed E-state index contributed by atoms with van der Waals surface area (Å²) < 4.78 is 9.33. The van der Waals surface area contributed by atoms with Gasteiger partial charge in [0.1, 0.15) is 16.9 Å². The van der Waals surface area contributed by atoms with Crippen molar-refractivity contribution in [3.8, 4) is 33.9 Å². The van der Waals surface area contributed by atoms with Crippen LogP contribution in [-0.4, -0.2) is 4.98 Å². The molecule has 0 saturated heterocycles. The van der Waals surface area contributed by atoms with Crippen molar-refractivity contribution in [2.24, 2.45) is 12.5 Å². The molecule has 0 spiro atoms. The summed E-state index contributed by atoms with van der Waals surface area (Å²) in [5.41, 5.74) is 12.7. The molecule has 3 nitrogen and oxygen atoms in total. The molecule has 6 rings (SSSR count). The molecule has 0 radical (unpaired) electrons. The van der Waals surface area contributed by atoms with Gasteiger partial charge in [-0.1, -0.05) is 98.7 Å². The lowest BCUT2D eigenvalue weighted by Crippen LogP contribution is -2.33. The summed E-state index contributed by atoms with van der Waals surface area (Å²) in [4.78, 5) is 4.99. The van der Waals surface area contributed by atoms with Crippen molar-refractivity contribution < 1.29 is 9.30 Å². The van der Waals surface area contributed by atoms with E-state index in [0.29, 0.717) is 17.8 Å². The highest BCUT2D eigenvalue weighted by Crippen LogP contribution is 2.52. The molecule has 4 aromatic carbocycles. The molecule has 43 heavy (non-hydrogen) atoms. The molecular formula is C40H47N2O+. The molecule has 0 unspecified atom stereocenters. The molecule has 5 aromatic rings. The summed E-state index contributed by atoms with van der Waals surface area (Å²) in [5.74, 6) is 3.17. The van der Waals surface area contributed by atoms with Crippen LogP contribution in [0.4, 0.5) is 0 Å². The van der Waals surface area contributed by atoms with Crippen LogP contribution < -0.4 is 9.30 Å². The minimum atomic E-state index is 0.101. The van der Waals surface area contributed by atoms with E-state index in [1.165, 1.54) is 61.0 Å². The fraction of sp³-hybridized carbons (Fsp3) is 0.400. The second-order valence-corrected chi connectivity index (χ2v) is 14.8. The lowest BCUT2D eigenvalue weighted by Gasteiger charge is -2.29. The summed E-state index contributed by atoms with van der Waals surface area (Å²) in [6, 6.07) is 18.3. The Hall–Kier alpha value is -3.72. The van der Waals surface area contributed by atoms with Crippen LogP contribution in [0.5, 0.6) is 11.5 Å². The Kier molecular flexibility index (Phi) is 7.15. The fourth-order valence-electron chi connectivity index (χ4n) is 7.00. The summed E-state index contributed by atoms with van der Waals surface area (Å²) in [6.07, 6.45) is 2.90. The molecule has 0 bridgehead atoms. The average Bonchev–Trinajstić information content (AvgIpc) is 2.95. The number of hydrogen-bond acceptors (Lipinski definition) is 2. The van der Waals surface area contributed by atoms with Crippen LogP contribution >= 0.6 is 0 Å². The summed E-state index contributed by atoms with van der Waals surface area (Å²) in [5, 5.41) is 3.68. The van der Waals surface area contributed by atoms with Gasteiger partial charge in [-0.2, -0.15) is 0 Å². The van der Waals surface area contributed by atoms with Crippen molar-refractivity contribution in [2.45, 2.75) is 93.4 Å². The molecule has 1 aromatic heterocycles. The largest absolute Gasteiger partial charge is 0.455 e. The summed E-state index contributed by atoms with van der Waals surface area (Å²) in [6.45, 7) is 23.0. The highest BCUT2D eigenvalue weighted by Gasteiger charge is 2.34. The first-order chi connectivity index (χ1) is 20.3. The van der Waals surface area contributed by atoms with E-state index in [1.807, 2.05) is 6.33 Å². The second-order valence-electron chi connectivity index (χ2n) is 14.8. The van der Waals surface area contributed by atoms with E-state index in [0.717, 1.165) is 28.8 Å². The summed E-state index contributed by atoms with van der Waals surface area (Å²) in [7, 11) is 2.12. The van der Waals surface area contributed by atoms with Gasteiger partial charge in [-0.05, 0) is 97.8 Å². The zero-order valence-corrected chi connectivity index (χ0v) is 27.9. The Morgan fingerprint density at radius 3 is 2.02 bits per heavy atom. The van der Waals surface area contributed by atoms with E-state index >= 15 is 0 Å². The predicted octanol–water partition coefficient (Wildman–Crippen LogP) is 10.9. The quantitative estimate of drug-likeness (QED) is 0.192. The minimum Gasteiger partial charge on any atom is -0.455 e. The van der Waals surface area contributed by atoms with Gasteiger partial charge in [0.15, 0.2) is 11.2 Å². The normalized spacial score (nSPS) is 13.0. The smallest absolute Gasteiger partial charge is 0.287 e. The van der Waals surface area contributed by atoms with Crippen LogP contribution in [-0.2, 0) is 13.5 Å². The Morgan fingerprint density at radius 1 is 0.814 bits per heavy atom. The van der Waals surface area contributed by atoms with E-state index < -0.39 is 0 Å². The van der Waals surface area contributed by atoms with Crippen LogP contribution in [0.1, 0.15) is 108 Å². The third-order valence-corrected chi connectivity index (χ3v) is 9.15. The standard InChI is InChI=1S/C40H47N2O/c1-22(2)26-16-30(23(3)4)36(31(17-26)24(5)6)27-18-33-37-34(19-27)43-39-32(20-40(8,9)10)29-15-13-12-14-28(29)25(7)35(39)38(37)42(11)21-41-33/h12-19,21-24H,20H2,1-11H3/q+1. The predicted molar refractivity (Wildman–Crippen MR) is 182 cm³/mol. The van der Waals surface area contributed by atoms with Crippen molar-refractivity contribution in [1.29, 1.82) is 0 Å². The molecule has 0 N–H and O–H groups in total. The SMILES string of the molecule is Cc1c2c(c(CC(C)(C)C)c3ccccc13)Oc1cc(-c3c(C(C)C)cc(C(C)C)cc3C(C)C)cc3nc[n+](C)c-2c13. The molecule has 0 fully saturated rings. The number of aromatic nitrogens is 2. The number of aryl methyl sites for hydroxylation is 2. The molecule has 2 heterocycles. The molecule has 0 aliphatic carbocycles. The molecule has 0 amide bonds. The third-order valence-electron chi connectivity index (χ3n) is 9.15. The molecule has 1 aliphatic heterocycles. The molecule has 0 saturated carbocycles. The number of ether oxygens (including phenoxy) is 1. The number of fused-ring (bicyclic) bond motifs is 3. The van der Waals surface area contributed by atoms with E-state index in [1.54, 1.807) is 0 Å². The number of rotatable bonds is 5. The average molecular weight is 572 g/mol. The minimum absolute atomic E-state index is 0.101. The van der Waals surface area contributed by atoms with Crippen LogP contribution in [0.3, 0.4) is 0 Å². The topological polar surface area (TPSA) is 26.0 Å². The molecular weight excluding hydrogens is 524 g/mol. The van der Waals surface area contributed by atoms with Gasteiger partial charge in [-0.25, -0.2) is 4.57 Å². The van der Waals surface area contributed by atoms with Crippen LogP contribution in [0, 0.1) is 12.3 Å². The molecule has 222 valence electrons. The van der Waals surface area contributed by atoms with Gasteiger partial charge in [-0.15, -0.1) is 0 Å². The van der Waals surface area contributed by atoms with Crippen LogP contribution in [0.2, 0.25) is 0 Å². The van der Waals surface area contributed by atoms with Crippen molar-refractivity contribution in [3.05, 3.63) is 82.7 Å². The van der Waals surface area contributed by atoms with E-state index in [-0.39, 0.29) is 5.41 Å². The van der Waals surface area contributed by atoms with Gasteiger partial charge in [0.05, 0.1) is 12.6 Å². The van der Waals surface area contributed by atoms with Crippen molar-refractivity contribution in [3.63, 3.8) is 0 Å². The van der Waals surface area contributed by atoms with Crippen molar-refractivity contribution in [1.82, 2.24) is 4.98 Å². The maximum absolute atomic E-state index is 7.14. The first-order valence-corrected chi connectivity index (χ1v) is 16.0. The molecule has 1 aliphatic rings.